The average Bonchev–Trinajstić information content (AvgIpc) is 2.87. The average molecular weight is 477 g/mol. The molecule has 4 rings (SSSR count). The van der Waals surface area contributed by atoms with Gasteiger partial charge in [0.05, 0.1) is 6.04 Å². The molecule has 3 N–H and O–H groups in total. The maximum absolute atomic E-state index is 15.2. The highest BCUT2D eigenvalue weighted by molar-refractivity contribution is 7.85. The Morgan fingerprint density at radius 2 is 1.41 bits per heavy atom. The molecule has 0 bridgehead atoms. The molecule has 0 radical (unpaired) electrons. The van der Waals surface area contributed by atoms with Crippen LogP contribution in [0.2, 0.25) is 0 Å². The van der Waals surface area contributed by atoms with Gasteiger partial charge in [-0.3, -0.25) is 0 Å². The second kappa shape index (κ2) is 10.9. The highest BCUT2D eigenvalue weighted by Gasteiger charge is 2.41. The number of fused-ring (bicyclic) bond motifs is 1. The van der Waals surface area contributed by atoms with Crippen molar-refractivity contribution in [2.24, 2.45) is 5.92 Å². The van der Waals surface area contributed by atoms with Gasteiger partial charge in [-0.05, 0) is 56.0 Å². The standard InChI is InChI=1S/C29H37N2O2P/c1-4-18-30-28-21(3)20-24-26(17-16-25(32)27(24)29(28)31-19-5-2)34(33,22-12-8-6-9-13-22)23-14-10-7-11-15-23/h6-17,21,28-32H,4-5,18-20H2,1-3H3. The predicted molar refractivity (Wildman–Crippen MR) is 143 cm³/mol. The fourth-order valence-electron chi connectivity index (χ4n) is 5.32. The van der Waals surface area contributed by atoms with Crippen LogP contribution in [0.5, 0.6) is 5.75 Å². The van der Waals surface area contributed by atoms with Gasteiger partial charge in [-0.25, -0.2) is 0 Å². The topological polar surface area (TPSA) is 61.4 Å². The van der Waals surface area contributed by atoms with E-state index in [2.05, 4.69) is 31.4 Å². The van der Waals surface area contributed by atoms with Crippen LogP contribution >= 0.6 is 7.14 Å². The first-order valence-corrected chi connectivity index (χ1v) is 14.3. The summed E-state index contributed by atoms with van der Waals surface area (Å²) in [5.74, 6) is 0.615. The number of phenols is 1. The van der Waals surface area contributed by atoms with E-state index in [4.69, 9.17) is 0 Å². The summed E-state index contributed by atoms with van der Waals surface area (Å²) in [6.07, 6.45) is 2.84. The van der Waals surface area contributed by atoms with Crippen molar-refractivity contribution in [1.82, 2.24) is 10.6 Å². The maximum Gasteiger partial charge on any atom is 0.171 e. The Morgan fingerprint density at radius 3 is 1.97 bits per heavy atom. The first-order valence-electron chi connectivity index (χ1n) is 12.6. The van der Waals surface area contributed by atoms with Gasteiger partial charge in [-0.1, -0.05) is 81.4 Å². The lowest BCUT2D eigenvalue weighted by Gasteiger charge is -2.41. The van der Waals surface area contributed by atoms with E-state index in [1.165, 1.54) is 0 Å². The van der Waals surface area contributed by atoms with E-state index in [-0.39, 0.29) is 17.8 Å². The van der Waals surface area contributed by atoms with Crippen molar-refractivity contribution in [3.05, 3.63) is 83.9 Å². The minimum atomic E-state index is -3.14. The highest BCUT2D eigenvalue weighted by atomic mass is 31.2. The molecule has 0 fully saturated rings. The molecule has 0 saturated carbocycles. The van der Waals surface area contributed by atoms with Crippen molar-refractivity contribution in [3.8, 4) is 5.75 Å². The minimum Gasteiger partial charge on any atom is -0.508 e. The van der Waals surface area contributed by atoms with Gasteiger partial charge < -0.3 is 20.3 Å². The van der Waals surface area contributed by atoms with E-state index in [1.807, 2.05) is 66.7 Å². The summed E-state index contributed by atoms with van der Waals surface area (Å²) in [5, 5.41) is 21.1. The van der Waals surface area contributed by atoms with Crippen molar-refractivity contribution in [2.75, 3.05) is 13.1 Å². The van der Waals surface area contributed by atoms with Crippen molar-refractivity contribution in [1.29, 1.82) is 0 Å². The van der Waals surface area contributed by atoms with Crippen LogP contribution in [0.4, 0.5) is 0 Å². The third kappa shape index (κ3) is 4.60. The number of rotatable bonds is 9. The molecule has 0 spiro atoms. The van der Waals surface area contributed by atoms with Crippen LogP contribution in [-0.2, 0) is 11.0 Å². The van der Waals surface area contributed by atoms with Crippen LogP contribution in [-0.4, -0.2) is 24.2 Å². The molecule has 1 aliphatic carbocycles. The van der Waals surface area contributed by atoms with E-state index in [0.717, 1.165) is 59.4 Å². The van der Waals surface area contributed by atoms with Crippen molar-refractivity contribution in [3.63, 3.8) is 0 Å². The van der Waals surface area contributed by atoms with Gasteiger partial charge in [0, 0.05) is 27.5 Å². The van der Waals surface area contributed by atoms with E-state index in [1.54, 1.807) is 6.07 Å². The number of aromatic hydroxyl groups is 1. The minimum absolute atomic E-state index is 0.0369. The summed E-state index contributed by atoms with van der Waals surface area (Å²) in [6.45, 7) is 8.39. The van der Waals surface area contributed by atoms with Crippen LogP contribution in [0.25, 0.3) is 0 Å². The lowest BCUT2D eigenvalue weighted by atomic mass is 9.77. The molecule has 34 heavy (non-hydrogen) atoms. The lowest BCUT2D eigenvalue weighted by molar-refractivity contribution is 0.265. The molecule has 180 valence electrons. The van der Waals surface area contributed by atoms with Gasteiger partial charge in [-0.2, -0.15) is 0 Å². The molecule has 1 aliphatic rings. The summed E-state index contributed by atoms with van der Waals surface area (Å²) in [7, 11) is -3.14. The zero-order chi connectivity index (χ0) is 24.1. The monoisotopic (exact) mass is 476 g/mol. The molecule has 3 aromatic rings. The summed E-state index contributed by atoms with van der Waals surface area (Å²) in [4.78, 5) is 0. The molecule has 3 unspecified atom stereocenters. The zero-order valence-corrected chi connectivity index (χ0v) is 21.4. The van der Waals surface area contributed by atoms with Crippen molar-refractivity contribution < 1.29 is 9.67 Å². The number of benzene rings is 3. The maximum atomic E-state index is 15.2. The quantitative estimate of drug-likeness (QED) is 0.394. The Bertz CT molecular complexity index is 1090. The first-order chi connectivity index (χ1) is 16.5. The number of hydrogen-bond acceptors (Lipinski definition) is 4. The summed E-state index contributed by atoms with van der Waals surface area (Å²) >= 11 is 0. The third-order valence-corrected chi connectivity index (χ3v) is 10.1. The summed E-state index contributed by atoms with van der Waals surface area (Å²) in [5.41, 5.74) is 1.94. The number of nitrogens with one attached hydrogen (secondary N) is 2. The predicted octanol–water partition coefficient (Wildman–Crippen LogP) is 4.63. The van der Waals surface area contributed by atoms with Crippen LogP contribution in [0, 0.1) is 5.92 Å². The molecule has 0 aromatic heterocycles. The summed E-state index contributed by atoms with van der Waals surface area (Å²) < 4.78 is 15.2. The second-order valence-corrected chi connectivity index (χ2v) is 12.1. The van der Waals surface area contributed by atoms with Crippen LogP contribution in [0.1, 0.15) is 50.8 Å². The largest absolute Gasteiger partial charge is 0.508 e. The Balaban J connectivity index is 1.95. The van der Waals surface area contributed by atoms with E-state index in [9.17, 15) is 5.11 Å². The molecule has 0 amide bonds. The van der Waals surface area contributed by atoms with Crippen molar-refractivity contribution in [2.45, 2.75) is 52.1 Å². The van der Waals surface area contributed by atoms with Gasteiger partial charge in [0.25, 0.3) is 0 Å². The Kier molecular flexibility index (Phi) is 7.93. The highest BCUT2D eigenvalue weighted by Crippen LogP contribution is 2.48. The molecule has 0 heterocycles. The normalized spacial score (nSPS) is 20.1. The smallest absolute Gasteiger partial charge is 0.171 e. The Morgan fingerprint density at radius 1 is 0.853 bits per heavy atom. The SMILES string of the molecule is CCCNC1c2c(O)ccc(P(=O)(c3ccccc3)c3ccccc3)c2CC(C)C1NCCC. The first kappa shape index (κ1) is 24.7. The second-order valence-electron chi connectivity index (χ2n) is 9.37. The molecule has 0 saturated heterocycles. The van der Waals surface area contributed by atoms with Gasteiger partial charge in [-0.15, -0.1) is 0 Å². The number of hydrogen-bond donors (Lipinski definition) is 3. The van der Waals surface area contributed by atoms with E-state index < -0.39 is 7.14 Å². The zero-order valence-electron chi connectivity index (χ0n) is 20.5. The molecule has 4 nitrogen and oxygen atoms in total. The Hall–Kier alpha value is -2.39. The molecule has 3 atom stereocenters. The van der Waals surface area contributed by atoms with Gasteiger partial charge in [0.1, 0.15) is 5.75 Å². The Labute approximate surface area is 204 Å². The fourth-order valence-corrected chi connectivity index (χ4v) is 8.23. The third-order valence-electron chi connectivity index (χ3n) is 6.94. The van der Waals surface area contributed by atoms with Crippen LogP contribution < -0.4 is 26.5 Å². The molecule has 5 heteroatoms. The molecular weight excluding hydrogens is 439 g/mol. The van der Waals surface area contributed by atoms with Gasteiger partial charge in [0.2, 0.25) is 0 Å². The lowest BCUT2D eigenvalue weighted by Crippen LogP contribution is -2.50. The molecular formula is C29H37N2O2P. The van der Waals surface area contributed by atoms with Gasteiger partial charge >= 0.3 is 0 Å². The molecule has 3 aromatic carbocycles. The van der Waals surface area contributed by atoms with E-state index in [0.29, 0.717) is 5.92 Å². The van der Waals surface area contributed by atoms with Crippen LogP contribution in [0.3, 0.4) is 0 Å². The van der Waals surface area contributed by atoms with Gasteiger partial charge in [0.15, 0.2) is 7.14 Å². The number of phenolic OH excluding ortho intramolecular Hbond substituents is 1. The van der Waals surface area contributed by atoms with E-state index >= 15 is 4.57 Å². The van der Waals surface area contributed by atoms with Crippen LogP contribution in [0.15, 0.2) is 72.8 Å². The summed E-state index contributed by atoms with van der Waals surface area (Å²) in [6, 6.07) is 23.4. The van der Waals surface area contributed by atoms with Crippen molar-refractivity contribution >= 4 is 23.1 Å². The molecule has 0 aliphatic heterocycles. The fraction of sp³-hybridized carbons (Fsp3) is 0.379.